The van der Waals surface area contributed by atoms with Crippen molar-refractivity contribution in [2.45, 2.75) is 32.2 Å². The van der Waals surface area contributed by atoms with Crippen LogP contribution >= 0.6 is 34.5 Å². The number of hydrogen-bond donors (Lipinski definition) is 1. The van der Waals surface area contributed by atoms with Gasteiger partial charge in [0.2, 0.25) is 0 Å². The molecule has 1 amide bonds. The van der Waals surface area contributed by atoms with Crippen molar-refractivity contribution in [1.82, 2.24) is 5.32 Å². The molecule has 0 aliphatic heterocycles. The van der Waals surface area contributed by atoms with Gasteiger partial charge in [0.05, 0.1) is 34.6 Å². The summed E-state index contributed by atoms with van der Waals surface area (Å²) >= 11 is 14.0. The molecule has 1 aliphatic rings. The highest BCUT2D eigenvalue weighted by Gasteiger charge is 2.25. The van der Waals surface area contributed by atoms with Crippen LogP contribution in [0.3, 0.4) is 0 Å². The van der Waals surface area contributed by atoms with E-state index in [1.165, 1.54) is 4.88 Å². The number of nitrogens with one attached hydrogen (secondary N) is 1. The predicted octanol–water partition coefficient (Wildman–Crippen LogP) is 7.47. The molecule has 1 aliphatic carbocycles. The number of fused-ring (bicyclic) bond motifs is 1. The van der Waals surface area contributed by atoms with Crippen LogP contribution in [-0.2, 0) is 19.4 Å². The summed E-state index contributed by atoms with van der Waals surface area (Å²) in [4.78, 5) is 19.0. The fraction of sp³-hybridized carbons (Fsp3) is 0.200. The molecule has 0 radical (unpaired) electrons. The van der Waals surface area contributed by atoms with Gasteiger partial charge in [-0.1, -0.05) is 29.3 Å². The van der Waals surface area contributed by atoms with E-state index in [0.29, 0.717) is 50.0 Å². The third kappa shape index (κ3) is 4.64. The van der Waals surface area contributed by atoms with E-state index in [9.17, 15) is 4.79 Å². The first-order valence-electron chi connectivity index (χ1n) is 10.6. The highest BCUT2D eigenvalue weighted by molar-refractivity contribution is 7.16. The van der Waals surface area contributed by atoms with Gasteiger partial charge in [-0.3, -0.25) is 4.79 Å². The van der Waals surface area contributed by atoms with E-state index in [1.54, 1.807) is 35.9 Å². The molecule has 0 saturated heterocycles. The summed E-state index contributed by atoms with van der Waals surface area (Å²) in [5.41, 5.74) is 2.48. The lowest BCUT2D eigenvalue weighted by Gasteiger charge is -2.12. The number of carbonyl (C=O) groups excluding carboxylic acids is 1. The summed E-state index contributed by atoms with van der Waals surface area (Å²) in [5.74, 6) is 1.74. The second kappa shape index (κ2) is 9.59. The fourth-order valence-electron chi connectivity index (χ4n) is 3.93. The number of halogens is 2. The summed E-state index contributed by atoms with van der Waals surface area (Å²) in [7, 11) is 0. The minimum atomic E-state index is -0.135. The molecule has 33 heavy (non-hydrogen) atoms. The zero-order valence-corrected chi connectivity index (χ0v) is 19.9. The zero-order chi connectivity index (χ0) is 22.8. The van der Waals surface area contributed by atoms with Gasteiger partial charge in [0.25, 0.3) is 5.91 Å². The normalized spacial score (nSPS) is 13.4. The molecular formula is C25H20Cl2N2O3S. The standard InChI is InChI=1S/C25H20Cl2N2O3S/c26-19-8-3-7-17(23(19)27)20-11-10-16(32-20)14-29-25-22(18-6-1-2-9-21(18)33-25)24(30)28-13-15-5-4-12-31-15/h3-5,7-8,10-12,14H,1-2,6,9,13H2,(H,28,30). The molecule has 0 atom stereocenters. The second-order valence-corrected chi connectivity index (χ2v) is 9.58. The number of amides is 1. The van der Waals surface area contributed by atoms with Crippen LogP contribution in [0.5, 0.6) is 0 Å². The van der Waals surface area contributed by atoms with Crippen LogP contribution in [0.4, 0.5) is 5.00 Å². The Kier molecular flexibility index (Phi) is 6.40. The van der Waals surface area contributed by atoms with Gasteiger partial charge in [-0.25, -0.2) is 4.99 Å². The molecule has 3 heterocycles. The van der Waals surface area contributed by atoms with Gasteiger partial charge in [0, 0.05) is 10.4 Å². The van der Waals surface area contributed by atoms with Crippen LogP contribution in [0, 0.1) is 0 Å². The van der Waals surface area contributed by atoms with Gasteiger partial charge in [-0.05, 0) is 67.6 Å². The Morgan fingerprint density at radius 1 is 1.12 bits per heavy atom. The van der Waals surface area contributed by atoms with E-state index >= 15 is 0 Å². The lowest BCUT2D eigenvalue weighted by Crippen LogP contribution is -2.23. The molecule has 0 fully saturated rings. The van der Waals surface area contributed by atoms with Crippen LogP contribution in [0.1, 0.15) is 45.2 Å². The van der Waals surface area contributed by atoms with Crippen molar-refractivity contribution in [2.24, 2.45) is 4.99 Å². The van der Waals surface area contributed by atoms with Gasteiger partial charge in [-0.2, -0.15) is 0 Å². The Hall–Kier alpha value is -2.80. The molecule has 168 valence electrons. The Balaban J connectivity index is 1.41. The molecule has 1 N–H and O–H groups in total. The molecule has 0 saturated carbocycles. The summed E-state index contributed by atoms with van der Waals surface area (Å²) in [6.45, 7) is 0.335. The number of nitrogens with zero attached hydrogens (tertiary/aromatic N) is 1. The Labute approximate surface area is 205 Å². The van der Waals surface area contributed by atoms with Crippen molar-refractivity contribution in [3.05, 3.63) is 86.3 Å². The zero-order valence-electron chi connectivity index (χ0n) is 17.6. The Morgan fingerprint density at radius 3 is 2.85 bits per heavy atom. The van der Waals surface area contributed by atoms with Crippen molar-refractivity contribution in [1.29, 1.82) is 0 Å². The number of furan rings is 2. The van der Waals surface area contributed by atoms with Crippen molar-refractivity contribution in [2.75, 3.05) is 0 Å². The summed E-state index contributed by atoms with van der Waals surface area (Å²) in [5, 5.41) is 4.57. The van der Waals surface area contributed by atoms with Crippen molar-refractivity contribution < 1.29 is 13.6 Å². The highest BCUT2D eigenvalue weighted by atomic mass is 35.5. The second-order valence-electron chi connectivity index (χ2n) is 7.71. The lowest BCUT2D eigenvalue weighted by atomic mass is 9.95. The summed E-state index contributed by atoms with van der Waals surface area (Å²) in [6.07, 6.45) is 7.31. The van der Waals surface area contributed by atoms with E-state index in [0.717, 1.165) is 31.2 Å². The predicted molar refractivity (Wildman–Crippen MR) is 132 cm³/mol. The minimum Gasteiger partial charge on any atom is -0.467 e. The number of thiophene rings is 1. The Morgan fingerprint density at radius 2 is 2.00 bits per heavy atom. The van der Waals surface area contributed by atoms with Gasteiger partial charge in [0.1, 0.15) is 22.3 Å². The number of benzene rings is 1. The SMILES string of the molecule is O=C(NCc1ccco1)c1c(N=Cc2ccc(-c3cccc(Cl)c3Cl)o2)sc2c1CCCC2. The number of rotatable bonds is 6. The fourth-order valence-corrected chi connectivity index (χ4v) is 5.55. The summed E-state index contributed by atoms with van der Waals surface area (Å²) in [6, 6.07) is 12.7. The van der Waals surface area contributed by atoms with E-state index in [1.807, 2.05) is 30.3 Å². The molecule has 5 nitrogen and oxygen atoms in total. The third-order valence-corrected chi connectivity index (χ3v) is 7.55. The maximum absolute atomic E-state index is 13.1. The van der Waals surface area contributed by atoms with Gasteiger partial charge in [-0.15, -0.1) is 11.3 Å². The number of hydrogen-bond acceptors (Lipinski definition) is 5. The third-order valence-electron chi connectivity index (χ3n) is 5.54. The molecule has 4 aromatic rings. The maximum atomic E-state index is 13.1. The molecular weight excluding hydrogens is 479 g/mol. The van der Waals surface area contributed by atoms with Crippen molar-refractivity contribution >= 4 is 51.7 Å². The van der Waals surface area contributed by atoms with E-state index in [4.69, 9.17) is 32.0 Å². The van der Waals surface area contributed by atoms with Crippen molar-refractivity contribution in [3.63, 3.8) is 0 Å². The molecule has 0 spiro atoms. The van der Waals surface area contributed by atoms with Crippen molar-refractivity contribution in [3.8, 4) is 11.3 Å². The molecule has 3 aromatic heterocycles. The monoisotopic (exact) mass is 498 g/mol. The largest absolute Gasteiger partial charge is 0.467 e. The van der Waals surface area contributed by atoms with E-state index in [-0.39, 0.29) is 5.91 Å². The maximum Gasteiger partial charge on any atom is 0.255 e. The average molecular weight is 499 g/mol. The number of carbonyl (C=O) groups is 1. The molecule has 8 heteroatoms. The van der Waals surface area contributed by atoms with E-state index < -0.39 is 0 Å². The van der Waals surface area contributed by atoms with Gasteiger partial charge >= 0.3 is 0 Å². The molecule has 1 aromatic carbocycles. The summed E-state index contributed by atoms with van der Waals surface area (Å²) < 4.78 is 11.3. The van der Waals surface area contributed by atoms with Gasteiger partial charge < -0.3 is 14.2 Å². The first kappa shape index (κ1) is 22.0. The smallest absolute Gasteiger partial charge is 0.255 e. The highest BCUT2D eigenvalue weighted by Crippen LogP contribution is 2.40. The lowest BCUT2D eigenvalue weighted by molar-refractivity contribution is 0.0948. The van der Waals surface area contributed by atoms with Crippen LogP contribution in [0.2, 0.25) is 10.0 Å². The quantitative estimate of drug-likeness (QED) is 0.280. The number of aryl methyl sites for hydroxylation is 1. The topological polar surface area (TPSA) is 67.7 Å². The molecule has 0 bridgehead atoms. The van der Waals surface area contributed by atoms with Crippen LogP contribution in [-0.4, -0.2) is 12.1 Å². The Bertz CT molecular complexity index is 1320. The molecule has 0 unspecified atom stereocenters. The van der Waals surface area contributed by atoms with Crippen LogP contribution < -0.4 is 5.32 Å². The molecule has 5 rings (SSSR count). The first-order valence-corrected chi connectivity index (χ1v) is 12.2. The average Bonchev–Trinajstić information content (AvgIpc) is 3.57. The minimum absolute atomic E-state index is 0.135. The van der Waals surface area contributed by atoms with Crippen LogP contribution in [0.15, 0.2) is 62.6 Å². The number of aliphatic imine (C=N–C) groups is 1. The first-order chi connectivity index (χ1) is 16.1. The van der Waals surface area contributed by atoms with Crippen LogP contribution in [0.25, 0.3) is 11.3 Å². The van der Waals surface area contributed by atoms with Gasteiger partial charge in [0.15, 0.2) is 0 Å². The van der Waals surface area contributed by atoms with E-state index in [2.05, 4.69) is 10.3 Å².